The van der Waals surface area contributed by atoms with E-state index >= 15 is 0 Å². The minimum absolute atomic E-state index is 0.0237. The van der Waals surface area contributed by atoms with E-state index in [9.17, 15) is 22.6 Å². The molecule has 1 heterocycles. The van der Waals surface area contributed by atoms with Crippen molar-refractivity contribution in [3.8, 4) is 5.75 Å². The molecular formula is C31H43NO8S. The Bertz CT molecular complexity index is 1240. The summed E-state index contributed by atoms with van der Waals surface area (Å²) in [5.41, 5.74) is 0.781. The smallest absolute Gasteiger partial charge is 0.338 e. The molecule has 10 heteroatoms. The molecule has 9 nitrogen and oxygen atoms in total. The highest BCUT2D eigenvalue weighted by molar-refractivity contribution is 7.86. The molecule has 0 aliphatic rings. The highest BCUT2D eigenvalue weighted by atomic mass is 32.2. The normalized spacial score (nSPS) is 12.4. The maximum atomic E-state index is 12.4. The third-order valence-electron chi connectivity index (χ3n) is 6.73. The van der Waals surface area contributed by atoms with Gasteiger partial charge >= 0.3 is 11.9 Å². The van der Waals surface area contributed by atoms with E-state index in [1.807, 2.05) is 0 Å². The Labute approximate surface area is 243 Å². The second-order valence-corrected chi connectivity index (χ2v) is 11.6. The summed E-state index contributed by atoms with van der Waals surface area (Å²) >= 11 is 0. The van der Waals surface area contributed by atoms with E-state index in [-0.39, 0.29) is 24.0 Å². The van der Waals surface area contributed by atoms with Crippen LogP contribution in [-0.4, -0.2) is 48.7 Å². The Morgan fingerprint density at radius 1 is 0.951 bits per heavy atom. The van der Waals surface area contributed by atoms with Gasteiger partial charge in [0.25, 0.3) is 10.1 Å². The Kier molecular flexibility index (Phi) is 15.1. The van der Waals surface area contributed by atoms with E-state index in [2.05, 4.69) is 11.9 Å². The molecule has 0 spiro atoms. The van der Waals surface area contributed by atoms with Crippen molar-refractivity contribution in [2.75, 3.05) is 13.7 Å². The third-order valence-corrected chi connectivity index (χ3v) is 7.87. The second-order valence-electron chi connectivity index (χ2n) is 10.0. The number of benzene rings is 1. The van der Waals surface area contributed by atoms with Crippen molar-refractivity contribution in [2.45, 2.75) is 89.2 Å². The Morgan fingerprint density at radius 2 is 1.59 bits per heavy atom. The van der Waals surface area contributed by atoms with Crippen LogP contribution in [0.1, 0.15) is 110 Å². The van der Waals surface area contributed by atoms with Crippen molar-refractivity contribution < 1.29 is 37.1 Å². The minimum Gasteiger partial charge on any atom is -0.491 e. The molecule has 41 heavy (non-hydrogen) atoms. The highest BCUT2D eigenvalue weighted by Crippen LogP contribution is 2.30. The molecule has 1 atom stereocenters. The number of unbranched alkanes of at least 4 members (excludes halogenated alkanes) is 9. The lowest BCUT2D eigenvalue weighted by molar-refractivity contribution is -0.136. The monoisotopic (exact) mass is 589 g/mol. The molecule has 2 N–H and O–H groups in total. The lowest BCUT2D eigenvalue weighted by Gasteiger charge is -2.18. The van der Waals surface area contributed by atoms with Gasteiger partial charge in [0, 0.05) is 12.1 Å². The molecule has 0 aliphatic heterocycles. The molecule has 0 fully saturated rings. The molecule has 0 amide bonds. The first-order valence-electron chi connectivity index (χ1n) is 14.3. The van der Waals surface area contributed by atoms with Crippen LogP contribution in [0.3, 0.4) is 0 Å². The van der Waals surface area contributed by atoms with Gasteiger partial charge in [-0.05, 0) is 36.3 Å². The van der Waals surface area contributed by atoms with Crippen LogP contribution in [0, 0.1) is 0 Å². The predicted octanol–water partition coefficient (Wildman–Crippen LogP) is 6.83. The number of carboxylic acid groups (broad SMARTS) is 1. The number of methoxy groups -OCH3 is 1. The summed E-state index contributed by atoms with van der Waals surface area (Å²) in [5.74, 6) is -1.28. The number of pyridine rings is 1. The van der Waals surface area contributed by atoms with Crippen LogP contribution in [0.25, 0.3) is 6.08 Å². The third kappa shape index (κ3) is 12.4. The van der Waals surface area contributed by atoms with Crippen molar-refractivity contribution in [1.29, 1.82) is 0 Å². The van der Waals surface area contributed by atoms with Crippen molar-refractivity contribution in [3.05, 3.63) is 65.0 Å². The molecule has 0 aliphatic carbocycles. The average molecular weight is 590 g/mol. The molecule has 226 valence electrons. The van der Waals surface area contributed by atoms with Gasteiger partial charge in [-0.3, -0.25) is 9.35 Å². The van der Waals surface area contributed by atoms with Crippen LogP contribution < -0.4 is 4.74 Å². The highest BCUT2D eigenvalue weighted by Gasteiger charge is 2.30. The standard InChI is InChI=1S/C31H43NO8S/c1-3-4-5-6-7-8-9-10-11-14-22-40-28-21-20-24(32-27(28)18-15-19-30(33)34)23-29(41(36,37)38)25-16-12-13-17-26(25)31(35)39-2/h12-13,15-18,20-21,29H,3-11,14,19,22-23H2,1-2H3,(H,33,34)(H,36,37,38)/b18-15+. The maximum Gasteiger partial charge on any atom is 0.338 e. The van der Waals surface area contributed by atoms with Crippen LogP contribution in [-0.2, 0) is 26.1 Å². The van der Waals surface area contributed by atoms with Gasteiger partial charge in [0.1, 0.15) is 16.7 Å². The first-order chi connectivity index (χ1) is 19.7. The van der Waals surface area contributed by atoms with Gasteiger partial charge in [0.15, 0.2) is 0 Å². The first kappa shape index (κ1) is 34.0. The van der Waals surface area contributed by atoms with E-state index in [1.165, 1.54) is 76.3 Å². The number of ether oxygens (including phenoxy) is 2. The lowest BCUT2D eigenvalue weighted by Crippen LogP contribution is -2.19. The molecule has 1 unspecified atom stereocenters. The largest absolute Gasteiger partial charge is 0.491 e. The predicted molar refractivity (Wildman–Crippen MR) is 159 cm³/mol. The maximum absolute atomic E-state index is 12.4. The minimum atomic E-state index is -4.64. The molecule has 0 saturated carbocycles. The number of aliphatic carboxylic acids is 1. The summed E-state index contributed by atoms with van der Waals surface area (Å²) in [4.78, 5) is 27.8. The number of carbonyl (C=O) groups is 2. The first-order valence-corrected chi connectivity index (χ1v) is 15.8. The zero-order valence-corrected chi connectivity index (χ0v) is 24.9. The van der Waals surface area contributed by atoms with Gasteiger partial charge in [0.05, 0.1) is 25.7 Å². The SMILES string of the molecule is CCCCCCCCCCCCOc1ccc(CC(c2ccccc2C(=O)OC)S(=O)(=O)O)nc1/C=C/CC(=O)O. The van der Waals surface area contributed by atoms with Crippen LogP contribution in [0.4, 0.5) is 0 Å². The molecule has 1 aromatic heterocycles. The van der Waals surface area contributed by atoms with Crippen molar-refractivity contribution in [2.24, 2.45) is 0 Å². The number of rotatable bonds is 20. The molecule has 2 aromatic rings. The molecule has 0 saturated heterocycles. The van der Waals surface area contributed by atoms with Crippen molar-refractivity contribution in [3.63, 3.8) is 0 Å². The van der Waals surface area contributed by atoms with E-state index in [4.69, 9.17) is 14.6 Å². The Morgan fingerprint density at radius 3 is 2.20 bits per heavy atom. The second kappa shape index (κ2) is 18.2. The topological polar surface area (TPSA) is 140 Å². The van der Waals surface area contributed by atoms with Gasteiger partial charge in [-0.1, -0.05) is 89.0 Å². The van der Waals surface area contributed by atoms with Crippen molar-refractivity contribution >= 4 is 28.1 Å². The van der Waals surface area contributed by atoms with Crippen molar-refractivity contribution in [1.82, 2.24) is 4.98 Å². The van der Waals surface area contributed by atoms with Gasteiger partial charge in [0.2, 0.25) is 0 Å². The van der Waals surface area contributed by atoms with Crippen LogP contribution in [0.5, 0.6) is 5.75 Å². The van der Waals surface area contributed by atoms with Gasteiger partial charge in [-0.2, -0.15) is 8.42 Å². The van der Waals surface area contributed by atoms with E-state index < -0.39 is 27.3 Å². The Hall–Kier alpha value is -3.24. The fourth-order valence-corrected chi connectivity index (χ4v) is 5.45. The summed E-state index contributed by atoms with van der Waals surface area (Å²) in [6.07, 6.45) is 14.5. The van der Waals surface area contributed by atoms with E-state index in [0.717, 1.165) is 19.3 Å². The van der Waals surface area contributed by atoms with Gasteiger partial charge in [-0.25, -0.2) is 9.78 Å². The fraction of sp³-hybridized carbons (Fsp3) is 0.516. The number of carbonyl (C=O) groups excluding carboxylic acids is 1. The number of aromatic nitrogens is 1. The number of esters is 1. The molecular weight excluding hydrogens is 546 g/mol. The fourth-order valence-electron chi connectivity index (χ4n) is 4.54. The number of nitrogens with zero attached hydrogens (tertiary/aromatic N) is 1. The summed E-state index contributed by atoms with van der Waals surface area (Å²) in [6, 6.07) is 9.27. The van der Waals surface area contributed by atoms with Crippen LogP contribution in [0.2, 0.25) is 0 Å². The summed E-state index contributed by atoms with van der Waals surface area (Å²) in [5, 5.41) is 7.55. The van der Waals surface area contributed by atoms with E-state index in [1.54, 1.807) is 24.3 Å². The number of hydrogen-bond donors (Lipinski definition) is 2. The summed E-state index contributed by atoms with van der Waals surface area (Å²) < 4.78 is 45.6. The zero-order valence-electron chi connectivity index (χ0n) is 24.1. The van der Waals surface area contributed by atoms with Gasteiger partial charge < -0.3 is 14.6 Å². The van der Waals surface area contributed by atoms with Crippen LogP contribution >= 0.6 is 0 Å². The number of hydrogen-bond acceptors (Lipinski definition) is 7. The van der Waals surface area contributed by atoms with Crippen LogP contribution in [0.15, 0.2) is 42.5 Å². The molecule has 2 rings (SSSR count). The summed E-state index contributed by atoms with van der Waals surface area (Å²) in [7, 11) is -3.45. The lowest BCUT2D eigenvalue weighted by atomic mass is 10.0. The summed E-state index contributed by atoms with van der Waals surface area (Å²) in [6.45, 7) is 2.69. The molecule has 1 aromatic carbocycles. The Balaban J connectivity index is 2.11. The van der Waals surface area contributed by atoms with Gasteiger partial charge in [-0.15, -0.1) is 0 Å². The molecule has 0 radical (unpaired) electrons. The number of carboxylic acids is 1. The van der Waals surface area contributed by atoms with E-state index in [0.29, 0.717) is 23.7 Å². The zero-order chi connectivity index (χ0) is 30.1. The quantitative estimate of drug-likeness (QED) is 0.0966. The molecule has 0 bridgehead atoms. The average Bonchev–Trinajstić information content (AvgIpc) is 2.94.